The van der Waals surface area contributed by atoms with Crippen LogP contribution in [0.1, 0.15) is 26.7 Å². The fourth-order valence-corrected chi connectivity index (χ4v) is 4.16. The molecule has 1 aliphatic rings. The van der Waals surface area contributed by atoms with E-state index < -0.39 is 16.1 Å². The summed E-state index contributed by atoms with van der Waals surface area (Å²) in [6.45, 7) is 4.46. The number of nitrogens with one attached hydrogen (secondary N) is 2. The Kier molecular flexibility index (Phi) is 9.35. The van der Waals surface area contributed by atoms with Crippen molar-refractivity contribution in [3.63, 3.8) is 0 Å². The number of piperidine rings is 1. The number of sulfonamides is 1. The number of halogens is 1. The summed E-state index contributed by atoms with van der Waals surface area (Å²) in [6, 6.07) is 7.34. The summed E-state index contributed by atoms with van der Waals surface area (Å²) in [6.07, 6.45) is 1.05. The minimum atomic E-state index is -3.56. The molecule has 1 saturated heterocycles. The van der Waals surface area contributed by atoms with Gasteiger partial charge in [-0.25, -0.2) is 13.1 Å². The molecule has 1 aromatic rings. The van der Waals surface area contributed by atoms with Crippen LogP contribution >= 0.6 is 12.4 Å². The van der Waals surface area contributed by atoms with Crippen molar-refractivity contribution in [2.24, 2.45) is 11.7 Å². The van der Waals surface area contributed by atoms with Crippen LogP contribution in [0.15, 0.2) is 35.2 Å². The average molecular weight is 433 g/mol. The minimum Gasteiger partial charge on any atom is -0.346 e. The summed E-state index contributed by atoms with van der Waals surface area (Å²) < 4.78 is 27.4. The lowest BCUT2D eigenvalue weighted by atomic mass is 10.0. The van der Waals surface area contributed by atoms with Crippen LogP contribution in [0, 0.1) is 5.92 Å². The van der Waals surface area contributed by atoms with Crippen molar-refractivity contribution in [2.45, 2.75) is 43.7 Å². The number of carbonyl (C=O) groups excluding carboxylic acids is 2. The van der Waals surface area contributed by atoms with Gasteiger partial charge in [-0.15, -0.1) is 12.4 Å². The van der Waals surface area contributed by atoms with Crippen molar-refractivity contribution < 1.29 is 18.0 Å². The van der Waals surface area contributed by atoms with E-state index in [0.717, 1.165) is 0 Å². The molecule has 0 aromatic heterocycles. The number of benzene rings is 1. The molecule has 0 spiro atoms. The monoisotopic (exact) mass is 432 g/mol. The largest absolute Gasteiger partial charge is 0.346 e. The topological polar surface area (TPSA) is 122 Å². The Morgan fingerprint density at radius 1 is 1.18 bits per heavy atom. The van der Waals surface area contributed by atoms with Crippen molar-refractivity contribution in [3.05, 3.63) is 30.3 Å². The molecule has 2 amide bonds. The van der Waals surface area contributed by atoms with Crippen LogP contribution in [0.25, 0.3) is 0 Å². The van der Waals surface area contributed by atoms with Crippen molar-refractivity contribution in [1.82, 2.24) is 14.9 Å². The summed E-state index contributed by atoms with van der Waals surface area (Å²) in [5.41, 5.74) is 5.75. The number of carbonyl (C=O) groups is 2. The van der Waals surface area contributed by atoms with E-state index in [4.69, 9.17) is 5.73 Å². The van der Waals surface area contributed by atoms with Gasteiger partial charge >= 0.3 is 0 Å². The van der Waals surface area contributed by atoms with Crippen LogP contribution in [-0.2, 0) is 19.6 Å². The first-order chi connectivity index (χ1) is 12.7. The quantitative estimate of drug-likeness (QED) is 0.578. The lowest BCUT2D eigenvalue weighted by molar-refractivity contribution is -0.134. The zero-order valence-corrected chi connectivity index (χ0v) is 17.8. The molecule has 0 unspecified atom stereocenters. The van der Waals surface area contributed by atoms with Gasteiger partial charge in [0.2, 0.25) is 21.8 Å². The van der Waals surface area contributed by atoms with E-state index >= 15 is 0 Å². The maximum Gasteiger partial charge on any atom is 0.241 e. The van der Waals surface area contributed by atoms with E-state index in [9.17, 15) is 18.0 Å². The van der Waals surface area contributed by atoms with Crippen LogP contribution in [0.2, 0.25) is 0 Å². The molecule has 1 aliphatic heterocycles. The summed E-state index contributed by atoms with van der Waals surface area (Å²) in [7, 11) is -3.56. The van der Waals surface area contributed by atoms with Crippen LogP contribution in [0.4, 0.5) is 0 Å². The van der Waals surface area contributed by atoms with E-state index in [2.05, 4.69) is 10.0 Å². The maximum atomic E-state index is 12.4. The molecular weight excluding hydrogens is 404 g/mol. The summed E-state index contributed by atoms with van der Waals surface area (Å²) >= 11 is 0. The van der Waals surface area contributed by atoms with E-state index in [1.165, 1.54) is 0 Å². The van der Waals surface area contributed by atoms with Gasteiger partial charge in [0.1, 0.15) is 0 Å². The molecule has 10 heteroatoms. The molecule has 158 valence electrons. The Bertz CT molecular complexity index is 750. The lowest BCUT2D eigenvalue weighted by Gasteiger charge is -2.32. The highest BCUT2D eigenvalue weighted by atomic mass is 35.5. The molecule has 1 heterocycles. The fourth-order valence-electron chi connectivity index (χ4n) is 2.83. The number of hydrogen-bond donors (Lipinski definition) is 3. The third kappa shape index (κ3) is 6.73. The Morgan fingerprint density at radius 3 is 2.29 bits per heavy atom. The number of nitrogens with zero attached hydrogens (tertiary/aromatic N) is 1. The van der Waals surface area contributed by atoms with Gasteiger partial charge in [0.25, 0.3) is 0 Å². The second-order valence-corrected chi connectivity index (χ2v) is 8.79. The highest BCUT2D eigenvalue weighted by molar-refractivity contribution is 7.89. The summed E-state index contributed by atoms with van der Waals surface area (Å²) in [5, 5.41) is 2.57. The van der Waals surface area contributed by atoms with Crippen LogP contribution in [0.3, 0.4) is 0 Å². The van der Waals surface area contributed by atoms with Gasteiger partial charge in [0.05, 0.1) is 17.5 Å². The number of hydrogen-bond acceptors (Lipinski definition) is 5. The fraction of sp³-hybridized carbons (Fsp3) is 0.556. The molecule has 8 nitrogen and oxygen atoms in total. The molecular formula is C18H29ClN4O4S. The van der Waals surface area contributed by atoms with Crippen molar-refractivity contribution in [1.29, 1.82) is 0 Å². The lowest BCUT2D eigenvalue weighted by Crippen LogP contribution is -2.51. The van der Waals surface area contributed by atoms with E-state index in [0.29, 0.717) is 25.9 Å². The molecule has 4 N–H and O–H groups in total. The Morgan fingerprint density at radius 2 is 1.75 bits per heavy atom. The third-order valence-corrected chi connectivity index (χ3v) is 6.19. The van der Waals surface area contributed by atoms with Crippen molar-refractivity contribution >= 4 is 34.2 Å². The standard InChI is InChI=1S/C18H28N4O4S.ClH/c1-13(2)17(19)18(24)20-12-16(23)22-10-8-14(9-11-22)21-27(25,26)15-6-4-3-5-7-15;/h3-7,13-14,17,21H,8-12,19H2,1-2H3,(H,20,24);1H/t17-;/m0./s1. The molecule has 1 aromatic carbocycles. The predicted molar refractivity (Wildman–Crippen MR) is 109 cm³/mol. The van der Waals surface area contributed by atoms with Gasteiger partial charge in [-0.1, -0.05) is 32.0 Å². The number of amides is 2. The molecule has 0 saturated carbocycles. The van der Waals surface area contributed by atoms with Crippen LogP contribution in [-0.4, -0.2) is 56.9 Å². The average Bonchev–Trinajstić information content (AvgIpc) is 2.66. The zero-order chi connectivity index (χ0) is 20.0. The van der Waals surface area contributed by atoms with Crippen LogP contribution in [0.5, 0.6) is 0 Å². The van der Waals surface area contributed by atoms with Gasteiger partial charge in [-0.3, -0.25) is 9.59 Å². The van der Waals surface area contributed by atoms with Gasteiger partial charge < -0.3 is 16.0 Å². The Hall–Kier alpha value is -1.68. The smallest absolute Gasteiger partial charge is 0.241 e. The predicted octanol–water partition coefficient (Wildman–Crippen LogP) is 0.477. The molecule has 1 fully saturated rings. The second kappa shape index (κ2) is 10.8. The van der Waals surface area contributed by atoms with Crippen LogP contribution < -0.4 is 15.8 Å². The Labute approximate surface area is 172 Å². The van der Waals surface area contributed by atoms with E-state index in [1.54, 1.807) is 35.2 Å². The van der Waals surface area contributed by atoms with Gasteiger partial charge in [-0.05, 0) is 30.9 Å². The summed E-state index contributed by atoms with van der Waals surface area (Å²) in [4.78, 5) is 25.9. The van der Waals surface area contributed by atoms with Gasteiger partial charge in [-0.2, -0.15) is 0 Å². The molecule has 28 heavy (non-hydrogen) atoms. The Balaban J connectivity index is 0.00000392. The second-order valence-electron chi connectivity index (χ2n) is 7.08. The molecule has 0 radical (unpaired) electrons. The molecule has 0 aliphatic carbocycles. The minimum absolute atomic E-state index is 0. The molecule has 2 rings (SSSR count). The zero-order valence-electron chi connectivity index (χ0n) is 16.1. The molecule has 1 atom stereocenters. The van der Waals surface area contributed by atoms with E-state index in [1.807, 2.05) is 13.8 Å². The SMILES string of the molecule is CC(C)[C@H](N)C(=O)NCC(=O)N1CCC(NS(=O)(=O)c2ccccc2)CC1.Cl. The van der Waals surface area contributed by atoms with Crippen molar-refractivity contribution in [2.75, 3.05) is 19.6 Å². The normalized spacial score (nSPS) is 16.4. The van der Waals surface area contributed by atoms with Gasteiger partial charge in [0, 0.05) is 19.1 Å². The van der Waals surface area contributed by atoms with Crippen molar-refractivity contribution in [3.8, 4) is 0 Å². The first kappa shape index (κ1) is 24.4. The highest BCUT2D eigenvalue weighted by Gasteiger charge is 2.27. The molecule has 0 bridgehead atoms. The number of rotatable bonds is 7. The maximum absolute atomic E-state index is 12.4. The highest BCUT2D eigenvalue weighted by Crippen LogP contribution is 2.15. The first-order valence-corrected chi connectivity index (χ1v) is 10.6. The third-order valence-electron chi connectivity index (χ3n) is 4.66. The van der Waals surface area contributed by atoms with E-state index in [-0.39, 0.29) is 47.6 Å². The summed E-state index contributed by atoms with van der Waals surface area (Å²) in [5.74, 6) is -0.541. The number of nitrogens with two attached hydrogens (primary N) is 1. The van der Waals surface area contributed by atoms with Gasteiger partial charge in [0.15, 0.2) is 0 Å². The first-order valence-electron chi connectivity index (χ1n) is 9.09. The number of likely N-dealkylation sites (tertiary alicyclic amines) is 1.